The molecule has 0 fully saturated rings. The van der Waals surface area contributed by atoms with E-state index >= 15 is 0 Å². The molecule has 1 rings (SSSR count). The highest BCUT2D eigenvalue weighted by atomic mass is 32.2. The third-order valence-corrected chi connectivity index (χ3v) is 4.64. The van der Waals surface area contributed by atoms with Crippen molar-refractivity contribution >= 4 is 26.8 Å². The van der Waals surface area contributed by atoms with E-state index in [0.717, 1.165) is 19.1 Å². The fourth-order valence-electron chi connectivity index (χ4n) is 1.72. The summed E-state index contributed by atoms with van der Waals surface area (Å²) < 4.78 is 66.3. The Bertz CT molecular complexity index is 729. The van der Waals surface area contributed by atoms with Crippen molar-refractivity contribution in [3.8, 4) is 0 Å². The van der Waals surface area contributed by atoms with Gasteiger partial charge in [-0.3, -0.25) is 4.55 Å². The molecule has 0 aliphatic heterocycles. The zero-order chi connectivity index (χ0) is 16.4. The average molecular weight is 340 g/mol. The maximum Gasteiger partial charge on any atom is 0.336 e. The van der Waals surface area contributed by atoms with E-state index in [0.29, 0.717) is 0 Å². The van der Waals surface area contributed by atoms with Crippen molar-refractivity contribution in [3.05, 3.63) is 34.6 Å². The number of thiol groups is 1. The quantitative estimate of drug-likeness (QED) is 0.507. The van der Waals surface area contributed by atoms with Gasteiger partial charge in [0.2, 0.25) is 0 Å². The number of hydrogen-bond donors (Lipinski definition) is 3. The van der Waals surface area contributed by atoms with Crippen LogP contribution in [0.4, 0.5) is 4.39 Å². The summed E-state index contributed by atoms with van der Waals surface area (Å²) in [6, 6.07) is 2.02. The minimum atomic E-state index is -4.48. The molecule has 0 radical (unpaired) electrons. The number of benzene rings is 1. The Morgan fingerprint density at radius 2 is 1.95 bits per heavy atom. The lowest BCUT2D eigenvalue weighted by Crippen LogP contribution is -2.22. The SMILES string of the molecule is CC(Cc1c(C(=O)O)ccc(C[SH](=O)=O)c1F)S(=O)(=O)O. The number of halogens is 1. The van der Waals surface area contributed by atoms with Gasteiger partial charge in [-0.05, 0) is 19.4 Å². The maximum absolute atomic E-state index is 14.2. The summed E-state index contributed by atoms with van der Waals surface area (Å²) in [5.41, 5.74) is -1.19. The van der Waals surface area contributed by atoms with E-state index in [9.17, 15) is 26.0 Å². The molecule has 1 aromatic rings. The summed E-state index contributed by atoms with van der Waals surface area (Å²) in [5, 5.41) is 7.55. The van der Waals surface area contributed by atoms with Crippen LogP contribution in [0.2, 0.25) is 0 Å². The molecule has 1 aromatic carbocycles. The minimum Gasteiger partial charge on any atom is -0.478 e. The summed E-state index contributed by atoms with van der Waals surface area (Å²) in [6.45, 7) is 1.08. The van der Waals surface area contributed by atoms with Crippen LogP contribution in [0, 0.1) is 5.82 Å². The van der Waals surface area contributed by atoms with Crippen LogP contribution >= 0.6 is 0 Å². The summed E-state index contributed by atoms with van der Waals surface area (Å²) in [5.74, 6) is -3.21. The predicted octanol–water partition coefficient (Wildman–Crippen LogP) is 0.454. The largest absolute Gasteiger partial charge is 0.478 e. The smallest absolute Gasteiger partial charge is 0.336 e. The number of carboxylic acid groups (broad SMARTS) is 1. The standard InChI is InChI=1S/C11H13FO7S2/c1-6(21(17,18)19)4-9-8(11(13)14)3-2-7(10(9)12)5-20(15)16/h2-3,6,20H,4-5H2,1H3,(H,13,14)(H,17,18,19). The monoisotopic (exact) mass is 340 g/mol. The van der Waals surface area contributed by atoms with Gasteiger partial charge in [0, 0.05) is 11.1 Å². The second-order valence-corrected chi connectivity index (χ2v) is 7.21. The topological polar surface area (TPSA) is 126 Å². The first-order valence-corrected chi connectivity index (χ1v) is 8.52. The highest BCUT2D eigenvalue weighted by Crippen LogP contribution is 2.22. The van der Waals surface area contributed by atoms with Crippen LogP contribution in [-0.4, -0.2) is 37.7 Å². The zero-order valence-electron chi connectivity index (χ0n) is 10.8. The molecule has 0 amide bonds. The Morgan fingerprint density at radius 1 is 1.38 bits per heavy atom. The van der Waals surface area contributed by atoms with E-state index in [1.807, 2.05) is 0 Å². The highest BCUT2D eigenvalue weighted by Gasteiger charge is 2.25. The van der Waals surface area contributed by atoms with Gasteiger partial charge in [0.25, 0.3) is 10.1 Å². The third-order valence-electron chi connectivity index (χ3n) is 2.85. The summed E-state index contributed by atoms with van der Waals surface area (Å²) in [7, 11) is -7.40. The lowest BCUT2D eigenvalue weighted by atomic mass is 9.99. The van der Waals surface area contributed by atoms with Crippen molar-refractivity contribution in [1.82, 2.24) is 0 Å². The molecule has 0 aliphatic rings. The van der Waals surface area contributed by atoms with Crippen LogP contribution in [0.5, 0.6) is 0 Å². The fourth-order valence-corrected chi connectivity index (χ4v) is 2.62. The van der Waals surface area contributed by atoms with Gasteiger partial charge < -0.3 is 5.11 Å². The molecule has 0 heterocycles. The molecule has 2 N–H and O–H groups in total. The van der Waals surface area contributed by atoms with Crippen molar-refractivity contribution in [1.29, 1.82) is 0 Å². The second kappa shape index (κ2) is 6.50. The van der Waals surface area contributed by atoms with Crippen molar-refractivity contribution in [2.75, 3.05) is 0 Å². The van der Waals surface area contributed by atoms with E-state index in [1.165, 1.54) is 0 Å². The Balaban J connectivity index is 3.40. The Morgan fingerprint density at radius 3 is 2.38 bits per heavy atom. The van der Waals surface area contributed by atoms with Crippen molar-refractivity contribution < 1.29 is 35.7 Å². The number of carbonyl (C=O) groups is 1. The predicted molar refractivity (Wildman–Crippen MR) is 72.1 cm³/mol. The van der Waals surface area contributed by atoms with Gasteiger partial charge in [-0.1, -0.05) is 6.07 Å². The molecule has 21 heavy (non-hydrogen) atoms. The molecule has 10 heteroatoms. The molecule has 1 unspecified atom stereocenters. The van der Waals surface area contributed by atoms with Crippen LogP contribution in [-0.2, 0) is 33.0 Å². The van der Waals surface area contributed by atoms with Gasteiger partial charge in [-0.15, -0.1) is 0 Å². The second-order valence-electron chi connectivity index (χ2n) is 4.39. The summed E-state index contributed by atoms with van der Waals surface area (Å²) >= 11 is 0. The van der Waals surface area contributed by atoms with Crippen LogP contribution in [0.15, 0.2) is 12.1 Å². The maximum atomic E-state index is 14.2. The van der Waals surface area contributed by atoms with E-state index in [-0.39, 0.29) is 5.56 Å². The first-order valence-electron chi connectivity index (χ1n) is 5.65. The lowest BCUT2D eigenvalue weighted by molar-refractivity contribution is 0.0695. The van der Waals surface area contributed by atoms with Crippen LogP contribution in [0.25, 0.3) is 0 Å². The van der Waals surface area contributed by atoms with E-state index in [4.69, 9.17) is 9.66 Å². The average Bonchev–Trinajstić information content (AvgIpc) is 2.31. The lowest BCUT2D eigenvalue weighted by Gasteiger charge is -2.13. The first kappa shape index (κ1) is 17.5. The van der Waals surface area contributed by atoms with Gasteiger partial charge >= 0.3 is 5.97 Å². The number of hydrogen-bond acceptors (Lipinski definition) is 5. The fraction of sp³-hybridized carbons (Fsp3) is 0.364. The number of carboxylic acids is 1. The molecular formula is C11H13FO7S2. The van der Waals surface area contributed by atoms with Crippen molar-refractivity contribution in [2.45, 2.75) is 24.3 Å². The molecule has 7 nitrogen and oxygen atoms in total. The van der Waals surface area contributed by atoms with Gasteiger partial charge in [-0.2, -0.15) is 8.42 Å². The summed E-state index contributed by atoms with van der Waals surface area (Å²) in [6.07, 6.45) is -0.588. The Hall–Kier alpha value is -1.52. The van der Waals surface area contributed by atoms with Crippen LogP contribution < -0.4 is 0 Å². The first-order chi connectivity index (χ1) is 9.54. The number of rotatable bonds is 6. The van der Waals surface area contributed by atoms with Crippen molar-refractivity contribution in [2.24, 2.45) is 0 Å². The number of aromatic carboxylic acids is 1. The Kier molecular flexibility index (Phi) is 5.42. The highest BCUT2D eigenvalue weighted by molar-refractivity contribution is 7.86. The third kappa shape index (κ3) is 4.48. The van der Waals surface area contributed by atoms with Crippen LogP contribution in [0.3, 0.4) is 0 Å². The van der Waals surface area contributed by atoms with Crippen molar-refractivity contribution in [3.63, 3.8) is 0 Å². The van der Waals surface area contributed by atoms with Crippen LogP contribution in [0.1, 0.15) is 28.4 Å². The summed E-state index contributed by atoms with van der Waals surface area (Å²) in [4.78, 5) is 11.0. The normalized spacial score (nSPS) is 13.3. The minimum absolute atomic E-state index is 0.256. The molecule has 0 aliphatic carbocycles. The van der Waals surface area contributed by atoms with Gasteiger partial charge in [0.15, 0.2) is 0 Å². The van der Waals surface area contributed by atoms with Gasteiger partial charge in [0.05, 0.1) is 16.6 Å². The Labute approximate surface area is 122 Å². The van der Waals surface area contributed by atoms with E-state index in [2.05, 4.69) is 0 Å². The molecule has 0 saturated carbocycles. The molecular weight excluding hydrogens is 327 g/mol. The van der Waals surface area contributed by atoms with Gasteiger partial charge in [-0.25, -0.2) is 17.6 Å². The molecule has 1 atom stereocenters. The molecule has 118 valence electrons. The van der Waals surface area contributed by atoms with E-state index in [1.54, 1.807) is 0 Å². The molecule has 0 aromatic heterocycles. The molecule has 0 spiro atoms. The van der Waals surface area contributed by atoms with Gasteiger partial charge in [0.1, 0.15) is 16.5 Å². The molecule has 0 bridgehead atoms. The zero-order valence-corrected chi connectivity index (χ0v) is 12.5. The van der Waals surface area contributed by atoms with E-state index < -0.39 is 61.2 Å². The molecule has 0 saturated heterocycles.